The van der Waals surface area contributed by atoms with Crippen LogP contribution in [0.5, 0.6) is 0 Å². The predicted molar refractivity (Wildman–Crippen MR) is 82.5 cm³/mol. The van der Waals surface area contributed by atoms with Crippen molar-refractivity contribution >= 4 is 17.7 Å². The largest absolute Gasteiger partial charge is 0.338 e. The zero-order valence-electron chi connectivity index (χ0n) is 12.6. The first kappa shape index (κ1) is 14.9. The van der Waals surface area contributed by atoms with Gasteiger partial charge in [-0.25, -0.2) is 0 Å². The maximum Gasteiger partial charge on any atom is 0.262 e. The summed E-state index contributed by atoms with van der Waals surface area (Å²) >= 11 is 0. The van der Waals surface area contributed by atoms with Crippen LogP contribution in [0.3, 0.4) is 0 Å². The normalized spacial score (nSPS) is 13.2. The molecule has 6 nitrogen and oxygen atoms in total. The van der Waals surface area contributed by atoms with Gasteiger partial charge in [0.2, 0.25) is 5.91 Å². The molecule has 0 unspecified atom stereocenters. The molecule has 0 radical (unpaired) electrons. The Hall–Kier alpha value is -3.02. The monoisotopic (exact) mass is 309 g/mol. The lowest BCUT2D eigenvalue weighted by molar-refractivity contribution is -0.130. The minimum absolute atomic E-state index is 0.268. The highest BCUT2D eigenvalue weighted by Crippen LogP contribution is 2.22. The number of hydrogen-bond acceptors (Lipinski definition) is 4. The van der Waals surface area contributed by atoms with Crippen LogP contribution in [0.1, 0.15) is 26.4 Å². The number of hydrogen-bond donors (Lipinski definition) is 0. The molecule has 0 saturated carbocycles. The Morgan fingerprint density at radius 2 is 1.65 bits per heavy atom. The molecule has 0 N–H and O–H groups in total. The highest BCUT2D eigenvalue weighted by Gasteiger charge is 2.36. The van der Waals surface area contributed by atoms with Crippen LogP contribution in [0.15, 0.2) is 48.7 Å². The number of carbonyl (C=O) groups excluding carboxylic acids is 3. The molecule has 1 aliphatic heterocycles. The summed E-state index contributed by atoms with van der Waals surface area (Å²) < 4.78 is 0. The molecule has 0 fully saturated rings. The Labute approximate surface area is 133 Å². The van der Waals surface area contributed by atoms with Gasteiger partial charge < -0.3 is 4.90 Å². The Kier molecular flexibility index (Phi) is 3.89. The Bertz CT molecular complexity index is 739. The lowest BCUT2D eigenvalue weighted by Gasteiger charge is -2.20. The summed E-state index contributed by atoms with van der Waals surface area (Å²) in [5.74, 6) is -1.17. The Balaban J connectivity index is 1.69. The van der Waals surface area contributed by atoms with E-state index in [1.165, 1.54) is 4.90 Å². The number of pyridine rings is 1. The molecule has 0 aliphatic carbocycles. The number of benzene rings is 1. The van der Waals surface area contributed by atoms with Gasteiger partial charge in [0.1, 0.15) is 6.54 Å². The summed E-state index contributed by atoms with van der Waals surface area (Å²) in [5, 5.41) is 0. The van der Waals surface area contributed by atoms with Gasteiger partial charge >= 0.3 is 0 Å². The predicted octanol–water partition coefficient (Wildman–Crippen LogP) is 1.34. The molecule has 0 atom stereocenters. The number of nitrogens with zero attached hydrogens (tertiary/aromatic N) is 3. The van der Waals surface area contributed by atoms with Crippen molar-refractivity contribution in [2.24, 2.45) is 0 Å². The average molecular weight is 309 g/mol. The van der Waals surface area contributed by atoms with E-state index in [0.717, 1.165) is 10.6 Å². The third-order valence-electron chi connectivity index (χ3n) is 3.72. The standard InChI is InChI=1S/C17H15N3O3/c1-19(10-12-6-4-5-9-18-12)15(21)11-20-16(22)13-7-2-3-8-14(13)17(20)23/h2-9H,10-11H2,1H3. The molecule has 6 heteroatoms. The van der Waals surface area contributed by atoms with Crippen LogP contribution >= 0.6 is 0 Å². The van der Waals surface area contributed by atoms with Gasteiger partial charge in [0.15, 0.2) is 0 Å². The highest BCUT2D eigenvalue weighted by molar-refractivity contribution is 6.22. The SMILES string of the molecule is CN(Cc1ccccn1)C(=O)CN1C(=O)c2ccccc2C1=O. The second-order valence-corrected chi connectivity index (χ2v) is 5.31. The molecular formula is C17H15N3O3. The van der Waals surface area contributed by atoms with E-state index in [9.17, 15) is 14.4 Å². The van der Waals surface area contributed by atoms with E-state index in [-0.39, 0.29) is 12.5 Å². The fourth-order valence-corrected chi connectivity index (χ4v) is 2.46. The summed E-state index contributed by atoms with van der Waals surface area (Å²) in [4.78, 5) is 43.4. The van der Waals surface area contributed by atoms with Crippen LogP contribution in [0.4, 0.5) is 0 Å². The van der Waals surface area contributed by atoms with Gasteiger partial charge in [0, 0.05) is 13.2 Å². The molecule has 0 saturated heterocycles. The molecule has 0 bridgehead atoms. The Morgan fingerprint density at radius 1 is 1.04 bits per heavy atom. The summed E-state index contributed by atoms with van der Waals surface area (Å²) in [6.45, 7) is 0.0541. The van der Waals surface area contributed by atoms with Crippen LogP contribution < -0.4 is 0 Å². The number of rotatable bonds is 4. The summed E-state index contributed by atoms with van der Waals surface area (Å²) in [7, 11) is 1.62. The third-order valence-corrected chi connectivity index (χ3v) is 3.72. The van der Waals surface area contributed by atoms with Crippen molar-refractivity contribution in [1.82, 2.24) is 14.8 Å². The summed E-state index contributed by atoms with van der Waals surface area (Å²) in [6, 6.07) is 12.0. The molecule has 2 aromatic rings. The van der Waals surface area contributed by atoms with Gasteiger partial charge in [-0.2, -0.15) is 0 Å². The van der Waals surface area contributed by atoms with E-state index in [1.54, 1.807) is 43.6 Å². The molecular weight excluding hydrogens is 294 g/mol. The van der Waals surface area contributed by atoms with Crippen molar-refractivity contribution in [1.29, 1.82) is 0 Å². The molecule has 116 valence electrons. The third kappa shape index (κ3) is 2.83. The minimum atomic E-state index is -0.426. The maximum atomic E-state index is 12.3. The second-order valence-electron chi connectivity index (χ2n) is 5.31. The van der Waals surface area contributed by atoms with Crippen molar-refractivity contribution < 1.29 is 14.4 Å². The van der Waals surface area contributed by atoms with Crippen molar-refractivity contribution in [3.8, 4) is 0 Å². The number of amides is 3. The second kappa shape index (κ2) is 6.00. The fourth-order valence-electron chi connectivity index (χ4n) is 2.46. The molecule has 0 spiro atoms. The van der Waals surface area contributed by atoms with Gasteiger partial charge in [-0.1, -0.05) is 18.2 Å². The first-order chi connectivity index (χ1) is 11.1. The number of carbonyl (C=O) groups is 3. The van der Waals surface area contributed by atoms with Crippen LogP contribution in [-0.2, 0) is 11.3 Å². The van der Waals surface area contributed by atoms with Crippen molar-refractivity contribution in [2.75, 3.05) is 13.6 Å². The molecule has 3 rings (SSSR count). The van der Waals surface area contributed by atoms with Gasteiger partial charge in [0.05, 0.1) is 23.4 Å². The molecule has 3 amide bonds. The van der Waals surface area contributed by atoms with E-state index < -0.39 is 11.8 Å². The zero-order valence-corrected chi connectivity index (χ0v) is 12.6. The fraction of sp³-hybridized carbons (Fsp3) is 0.176. The Morgan fingerprint density at radius 3 is 2.22 bits per heavy atom. The minimum Gasteiger partial charge on any atom is -0.338 e. The van der Waals surface area contributed by atoms with Gasteiger partial charge in [0.25, 0.3) is 11.8 Å². The topological polar surface area (TPSA) is 70.6 Å². The van der Waals surface area contributed by atoms with Gasteiger partial charge in [-0.05, 0) is 24.3 Å². The van der Waals surface area contributed by atoms with E-state index in [0.29, 0.717) is 17.7 Å². The molecule has 2 heterocycles. The van der Waals surface area contributed by atoms with Crippen molar-refractivity contribution in [3.05, 3.63) is 65.5 Å². The first-order valence-electron chi connectivity index (χ1n) is 7.17. The van der Waals surface area contributed by atoms with Crippen LogP contribution in [0, 0.1) is 0 Å². The molecule has 23 heavy (non-hydrogen) atoms. The quantitative estimate of drug-likeness (QED) is 0.799. The van der Waals surface area contributed by atoms with E-state index in [2.05, 4.69) is 4.98 Å². The number of aromatic nitrogens is 1. The smallest absolute Gasteiger partial charge is 0.262 e. The van der Waals surface area contributed by atoms with Crippen molar-refractivity contribution in [2.45, 2.75) is 6.54 Å². The van der Waals surface area contributed by atoms with Crippen LogP contribution in [0.25, 0.3) is 0 Å². The van der Waals surface area contributed by atoms with Crippen molar-refractivity contribution in [3.63, 3.8) is 0 Å². The molecule has 1 aliphatic rings. The average Bonchev–Trinajstić information content (AvgIpc) is 2.81. The van der Waals surface area contributed by atoms with E-state index >= 15 is 0 Å². The lowest BCUT2D eigenvalue weighted by atomic mass is 10.1. The lowest BCUT2D eigenvalue weighted by Crippen LogP contribution is -2.41. The maximum absolute atomic E-state index is 12.3. The van der Waals surface area contributed by atoms with E-state index in [1.807, 2.05) is 12.1 Å². The van der Waals surface area contributed by atoms with Crippen LogP contribution in [0.2, 0.25) is 0 Å². The first-order valence-corrected chi connectivity index (χ1v) is 7.17. The number of likely N-dealkylation sites (N-methyl/N-ethyl adjacent to an activating group) is 1. The van der Waals surface area contributed by atoms with E-state index in [4.69, 9.17) is 0 Å². The summed E-state index contributed by atoms with van der Waals surface area (Å²) in [5.41, 5.74) is 1.43. The number of imide groups is 1. The zero-order chi connectivity index (χ0) is 16.4. The molecule has 1 aromatic carbocycles. The van der Waals surface area contributed by atoms with Gasteiger partial charge in [-0.3, -0.25) is 24.3 Å². The number of fused-ring (bicyclic) bond motifs is 1. The van der Waals surface area contributed by atoms with Gasteiger partial charge in [-0.15, -0.1) is 0 Å². The highest BCUT2D eigenvalue weighted by atomic mass is 16.2. The van der Waals surface area contributed by atoms with Crippen LogP contribution in [-0.4, -0.2) is 46.1 Å². The summed E-state index contributed by atoms with van der Waals surface area (Å²) in [6.07, 6.45) is 1.65. The molecule has 1 aromatic heterocycles.